The van der Waals surface area contributed by atoms with E-state index in [4.69, 9.17) is 5.10 Å². The van der Waals surface area contributed by atoms with Crippen LogP contribution in [-0.4, -0.2) is 72.5 Å². The van der Waals surface area contributed by atoms with Crippen molar-refractivity contribution in [1.29, 1.82) is 0 Å². The van der Waals surface area contributed by atoms with Crippen molar-refractivity contribution in [2.75, 3.05) is 43.4 Å². The third-order valence-corrected chi connectivity index (χ3v) is 6.34. The van der Waals surface area contributed by atoms with Gasteiger partial charge in [0, 0.05) is 44.0 Å². The first-order valence-corrected chi connectivity index (χ1v) is 11.5. The Bertz CT molecular complexity index is 1530. The van der Waals surface area contributed by atoms with E-state index in [0.29, 0.717) is 45.2 Å². The van der Waals surface area contributed by atoms with Gasteiger partial charge in [-0.2, -0.15) is 13.9 Å². The summed E-state index contributed by atoms with van der Waals surface area (Å²) in [5.74, 6) is 0.909. The minimum Gasteiger partial charge on any atom is -0.375 e. The van der Waals surface area contributed by atoms with Crippen LogP contribution in [0.15, 0.2) is 42.9 Å². The van der Waals surface area contributed by atoms with Crippen molar-refractivity contribution >= 4 is 28.2 Å². The maximum Gasteiger partial charge on any atom is 0.333 e. The Balaban J connectivity index is 1.38. The molecule has 0 bridgehead atoms. The molecule has 0 radical (unpaired) electrons. The molecule has 5 aromatic rings. The van der Waals surface area contributed by atoms with Gasteiger partial charge in [0.05, 0.1) is 35.8 Å². The fraction of sp³-hybridized carbons (Fsp3) is 0.304. The zero-order valence-corrected chi connectivity index (χ0v) is 19.4. The Hall–Kier alpha value is -4.13. The molecule has 0 atom stereocenters. The number of rotatable bonds is 6. The number of anilines is 2. The van der Waals surface area contributed by atoms with Gasteiger partial charge in [-0.05, 0) is 19.2 Å². The van der Waals surface area contributed by atoms with Crippen molar-refractivity contribution in [2.24, 2.45) is 0 Å². The van der Waals surface area contributed by atoms with E-state index in [-0.39, 0.29) is 11.3 Å². The zero-order chi connectivity index (χ0) is 24.8. The number of para-hydroxylation sites is 1. The average Bonchev–Trinajstić information content (AvgIpc) is 3.61. The maximum atomic E-state index is 14.1. The van der Waals surface area contributed by atoms with Crippen LogP contribution in [0.4, 0.5) is 24.7 Å². The number of hydrogen-bond acceptors (Lipinski definition) is 7. The smallest absolute Gasteiger partial charge is 0.333 e. The standard InChI is InChI=1S/C23H23F3N10/c1-33-5-7-34(8-6-33)20-9-17(27-12-19-30-16-4-2-3-15(24)21(16)31-19)22-28-11-18(36(22)32-20)14-10-29-35(13-14)23(25)26/h2-4,9-11,13,23,27H,5-8,12H2,1H3,(H,30,31). The molecule has 186 valence electrons. The summed E-state index contributed by atoms with van der Waals surface area (Å²) >= 11 is 0. The number of imidazole rings is 2. The third-order valence-electron chi connectivity index (χ3n) is 6.34. The van der Waals surface area contributed by atoms with Crippen LogP contribution in [-0.2, 0) is 6.54 Å². The lowest BCUT2D eigenvalue weighted by molar-refractivity contribution is 0.0566. The number of likely N-dealkylation sites (N-methyl/N-ethyl adjacent to an activating group) is 1. The maximum absolute atomic E-state index is 14.1. The van der Waals surface area contributed by atoms with Crippen LogP contribution in [0.25, 0.3) is 27.9 Å². The van der Waals surface area contributed by atoms with Crippen LogP contribution in [0.5, 0.6) is 0 Å². The summed E-state index contributed by atoms with van der Waals surface area (Å²) in [7, 11) is 2.08. The first-order chi connectivity index (χ1) is 17.5. The molecule has 1 saturated heterocycles. The number of aromatic amines is 1. The molecular formula is C23H23F3N10. The van der Waals surface area contributed by atoms with Gasteiger partial charge in [-0.25, -0.2) is 23.6 Å². The molecule has 4 aromatic heterocycles. The van der Waals surface area contributed by atoms with Crippen LogP contribution in [0, 0.1) is 5.82 Å². The summed E-state index contributed by atoms with van der Waals surface area (Å²) in [4.78, 5) is 16.4. The molecule has 0 amide bonds. The number of H-pyrrole nitrogens is 1. The van der Waals surface area contributed by atoms with Gasteiger partial charge in [0.15, 0.2) is 17.3 Å². The van der Waals surface area contributed by atoms with Crippen LogP contribution >= 0.6 is 0 Å². The number of hydrogen-bond donors (Lipinski definition) is 2. The Morgan fingerprint density at radius 3 is 2.72 bits per heavy atom. The average molecular weight is 497 g/mol. The van der Waals surface area contributed by atoms with Gasteiger partial charge in [-0.1, -0.05) is 6.07 Å². The molecule has 1 aromatic carbocycles. The van der Waals surface area contributed by atoms with E-state index in [1.54, 1.807) is 22.8 Å². The highest BCUT2D eigenvalue weighted by Gasteiger charge is 2.21. The van der Waals surface area contributed by atoms with Gasteiger partial charge >= 0.3 is 6.55 Å². The molecule has 2 N–H and O–H groups in total. The van der Waals surface area contributed by atoms with Gasteiger partial charge in [-0.15, -0.1) is 5.10 Å². The van der Waals surface area contributed by atoms with Gasteiger partial charge in [0.1, 0.15) is 11.3 Å². The molecule has 1 fully saturated rings. The normalized spacial score (nSPS) is 15.0. The molecule has 0 spiro atoms. The highest BCUT2D eigenvalue weighted by Crippen LogP contribution is 2.28. The predicted octanol–water partition coefficient (Wildman–Crippen LogP) is 3.37. The molecule has 1 aliphatic rings. The molecule has 0 unspecified atom stereocenters. The number of alkyl halides is 2. The molecular weight excluding hydrogens is 473 g/mol. The highest BCUT2D eigenvalue weighted by atomic mass is 19.3. The number of benzene rings is 1. The molecule has 36 heavy (non-hydrogen) atoms. The molecule has 5 heterocycles. The van der Waals surface area contributed by atoms with E-state index in [0.717, 1.165) is 32.0 Å². The van der Waals surface area contributed by atoms with Crippen molar-refractivity contribution < 1.29 is 13.2 Å². The van der Waals surface area contributed by atoms with Crippen molar-refractivity contribution in [3.05, 3.63) is 54.5 Å². The summed E-state index contributed by atoms with van der Waals surface area (Å²) in [6.45, 7) is 0.935. The topological polar surface area (TPSA) is 95.2 Å². The summed E-state index contributed by atoms with van der Waals surface area (Å²) in [5, 5.41) is 11.9. The number of aromatic nitrogens is 7. The molecule has 13 heteroatoms. The van der Waals surface area contributed by atoms with Crippen molar-refractivity contribution in [3.63, 3.8) is 0 Å². The summed E-state index contributed by atoms with van der Waals surface area (Å²) < 4.78 is 42.5. The third kappa shape index (κ3) is 4.00. The molecule has 0 saturated carbocycles. The molecule has 0 aliphatic carbocycles. The van der Waals surface area contributed by atoms with Crippen molar-refractivity contribution in [2.45, 2.75) is 13.1 Å². The minimum atomic E-state index is -2.74. The van der Waals surface area contributed by atoms with Crippen molar-refractivity contribution in [3.8, 4) is 11.3 Å². The first kappa shape index (κ1) is 22.3. The van der Waals surface area contributed by atoms with Crippen molar-refractivity contribution in [1.82, 2.24) is 39.2 Å². The van der Waals surface area contributed by atoms with Gasteiger partial charge in [0.25, 0.3) is 0 Å². The fourth-order valence-corrected chi connectivity index (χ4v) is 4.36. The summed E-state index contributed by atoms with van der Waals surface area (Å²) in [6.07, 6.45) is 4.23. The summed E-state index contributed by atoms with van der Waals surface area (Å²) in [6, 6.07) is 6.69. The van der Waals surface area contributed by atoms with E-state index in [1.165, 1.54) is 18.5 Å². The van der Waals surface area contributed by atoms with E-state index < -0.39 is 6.55 Å². The molecule has 6 rings (SSSR count). The molecule has 10 nitrogen and oxygen atoms in total. The second-order valence-corrected chi connectivity index (χ2v) is 8.75. The Kier molecular flexibility index (Phi) is 5.48. The van der Waals surface area contributed by atoms with E-state index >= 15 is 0 Å². The Morgan fingerprint density at radius 1 is 1.14 bits per heavy atom. The second kappa shape index (κ2) is 8.82. The lowest BCUT2D eigenvalue weighted by atomic mass is 10.3. The predicted molar refractivity (Wildman–Crippen MR) is 129 cm³/mol. The largest absolute Gasteiger partial charge is 0.375 e. The van der Waals surface area contributed by atoms with Crippen LogP contribution in [0.3, 0.4) is 0 Å². The second-order valence-electron chi connectivity index (χ2n) is 8.75. The van der Waals surface area contributed by atoms with Crippen LogP contribution in [0.1, 0.15) is 12.4 Å². The van der Waals surface area contributed by atoms with E-state index in [9.17, 15) is 13.2 Å². The lowest BCUT2D eigenvalue weighted by Gasteiger charge is -2.33. The Labute approximate surface area is 203 Å². The quantitative estimate of drug-likeness (QED) is 0.372. The van der Waals surface area contributed by atoms with Gasteiger partial charge < -0.3 is 20.1 Å². The van der Waals surface area contributed by atoms with Gasteiger partial charge in [0.2, 0.25) is 0 Å². The summed E-state index contributed by atoms with van der Waals surface area (Å²) in [5.41, 5.74) is 3.13. The Morgan fingerprint density at radius 2 is 1.97 bits per heavy atom. The number of nitrogens with one attached hydrogen (secondary N) is 2. The lowest BCUT2D eigenvalue weighted by Crippen LogP contribution is -2.45. The number of halogens is 3. The van der Waals surface area contributed by atoms with Crippen LogP contribution in [0.2, 0.25) is 0 Å². The number of piperazine rings is 1. The first-order valence-electron chi connectivity index (χ1n) is 11.5. The monoisotopic (exact) mass is 496 g/mol. The zero-order valence-electron chi connectivity index (χ0n) is 19.4. The van der Waals surface area contributed by atoms with E-state index in [1.807, 2.05) is 6.07 Å². The fourth-order valence-electron chi connectivity index (χ4n) is 4.36. The number of nitrogens with zero attached hydrogens (tertiary/aromatic N) is 8. The van der Waals surface area contributed by atoms with E-state index in [2.05, 4.69) is 42.2 Å². The van der Waals surface area contributed by atoms with Gasteiger partial charge in [-0.3, -0.25) is 0 Å². The SMILES string of the molecule is CN1CCN(c2cc(NCc3nc4c(F)cccc4[nH]3)c3ncc(-c4cnn(C(F)F)c4)n3n2)CC1. The minimum absolute atomic E-state index is 0.284. The highest BCUT2D eigenvalue weighted by molar-refractivity contribution is 5.77. The van der Waals surface area contributed by atoms with Crippen LogP contribution < -0.4 is 10.2 Å². The number of fused-ring (bicyclic) bond motifs is 2. The molecule has 1 aliphatic heterocycles.